The fourth-order valence-corrected chi connectivity index (χ4v) is 4.21. The second kappa shape index (κ2) is 6.92. The summed E-state index contributed by atoms with van der Waals surface area (Å²) < 4.78 is 26.7. The van der Waals surface area contributed by atoms with Gasteiger partial charge in [0.2, 0.25) is 5.91 Å². The smallest absolute Gasteiger partial charge is 0.227 e. The van der Waals surface area contributed by atoms with Gasteiger partial charge in [-0.2, -0.15) is 0 Å². The van der Waals surface area contributed by atoms with E-state index in [4.69, 9.17) is 0 Å². The highest BCUT2D eigenvalue weighted by Crippen LogP contribution is 2.34. The molecular formula is C19H15F2N3OS. The standard InChI is InChI=1S/C19H15F2N3OS/c20-13-4-6-15(14(21)9-13)23-18(25)11-3-5-16-17(8-11)26-19(24-16)12-2-1-7-22-10-12/h1-2,4,6-7,9-11H,3,5,8H2,(H,23,25). The van der Waals surface area contributed by atoms with E-state index < -0.39 is 11.6 Å². The Labute approximate surface area is 152 Å². The summed E-state index contributed by atoms with van der Waals surface area (Å²) in [5.41, 5.74) is 1.98. The van der Waals surface area contributed by atoms with E-state index in [1.807, 2.05) is 12.1 Å². The van der Waals surface area contributed by atoms with Gasteiger partial charge in [-0.15, -0.1) is 11.3 Å². The molecule has 132 valence electrons. The van der Waals surface area contributed by atoms with Gasteiger partial charge >= 0.3 is 0 Å². The highest BCUT2D eigenvalue weighted by atomic mass is 32.1. The first-order chi connectivity index (χ1) is 12.6. The molecule has 0 spiro atoms. The molecule has 1 aromatic carbocycles. The van der Waals surface area contributed by atoms with E-state index >= 15 is 0 Å². The molecule has 0 fully saturated rings. The SMILES string of the molecule is O=C(Nc1ccc(F)cc1F)C1CCc2nc(-c3cccnc3)sc2C1. The first kappa shape index (κ1) is 16.8. The Morgan fingerprint density at radius 3 is 2.92 bits per heavy atom. The Morgan fingerprint density at radius 2 is 2.15 bits per heavy atom. The second-order valence-corrected chi connectivity index (χ2v) is 7.27. The van der Waals surface area contributed by atoms with Crippen molar-refractivity contribution in [3.05, 3.63) is 64.9 Å². The monoisotopic (exact) mass is 371 g/mol. The number of nitrogens with one attached hydrogen (secondary N) is 1. The van der Waals surface area contributed by atoms with Crippen LogP contribution < -0.4 is 5.32 Å². The minimum absolute atomic E-state index is 0.00236. The third-order valence-electron chi connectivity index (χ3n) is 4.41. The van der Waals surface area contributed by atoms with Gasteiger partial charge in [-0.05, 0) is 43.5 Å². The molecule has 7 heteroatoms. The van der Waals surface area contributed by atoms with Crippen molar-refractivity contribution in [2.45, 2.75) is 19.3 Å². The van der Waals surface area contributed by atoms with Gasteiger partial charge in [0.1, 0.15) is 16.6 Å². The van der Waals surface area contributed by atoms with Crippen molar-refractivity contribution in [1.82, 2.24) is 9.97 Å². The molecule has 4 nitrogen and oxygen atoms in total. The van der Waals surface area contributed by atoms with Crippen LogP contribution in [0, 0.1) is 17.6 Å². The van der Waals surface area contributed by atoms with Crippen LogP contribution >= 0.6 is 11.3 Å². The molecule has 0 aliphatic heterocycles. The third-order valence-corrected chi connectivity index (χ3v) is 5.58. The van der Waals surface area contributed by atoms with Gasteiger partial charge < -0.3 is 5.32 Å². The highest BCUT2D eigenvalue weighted by molar-refractivity contribution is 7.15. The number of amides is 1. The van der Waals surface area contributed by atoms with Crippen LogP contribution in [0.2, 0.25) is 0 Å². The number of hydrogen-bond acceptors (Lipinski definition) is 4. The minimum Gasteiger partial charge on any atom is -0.323 e. The normalized spacial score (nSPS) is 16.2. The number of carbonyl (C=O) groups excluding carboxylic acids is 1. The number of benzene rings is 1. The molecule has 4 rings (SSSR count). The fraction of sp³-hybridized carbons (Fsp3) is 0.211. The number of aryl methyl sites for hydroxylation is 1. The Hall–Kier alpha value is -2.67. The average Bonchev–Trinajstić information content (AvgIpc) is 3.08. The van der Waals surface area contributed by atoms with Crippen molar-refractivity contribution in [1.29, 1.82) is 0 Å². The van der Waals surface area contributed by atoms with E-state index in [0.717, 1.165) is 33.3 Å². The maximum Gasteiger partial charge on any atom is 0.227 e. The van der Waals surface area contributed by atoms with Crippen molar-refractivity contribution in [2.75, 3.05) is 5.32 Å². The number of aromatic nitrogens is 2. The Balaban J connectivity index is 1.49. The van der Waals surface area contributed by atoms with E-state index in [0.29, 0.717) is 19.3 Å². The number of halogens is 2. The molecule has 1 amide bonds. The predicted octanol–water partition coefficient (Wildman–Crippen LogP) is 4.23. The summed E-state index contributed by atoms with van der Waals surface area (Å²) in [5.74, 6) is -1.95. The summed E-state index contributed by atoms with van der Waals surface area (Å²) in [6.45, 7) is 0. The molecule has 1 aliphatic carbocycles. The van der Waals surface area contributed by atoms with Crippen molar-refractivity contribution < 1.29 is 13.6 Å². The first-order valence-corrected chi connectivity index (χ1v) is 9.06. The van der Waals surface area contributed by atoms with Crippen LogP contribution in [0.25, 0.3) is 10.6 Å². The quantitative estimate of drug-likeness (QED) is 0.750. The topological polar surface area (TPSA) is 54.9 Å². The molecule has 1 aliphatic rings. The van der Waals surface area contributed by atoms with Crippen molar-refractivity contribution in [2.24, 2.45) is 5.92 Å². The summed E-state index contributed by atoms with van der Waals surface area (Å²) in [4.78, 5) is 22.4. The molecule has 2 aromatic heterocycles. The summed E-state index contributed by atoms with van der Waals surface area (Å²) in [7, 11) is 0. The molecule has 26 heavy (non-hydrogen) atoms. The molecule has 2 heterocycles. The Bertz CT molecular complexity index is 959. The average molecular weight is 371 g/mol. The van der Waals surface area contributed by atoms with E-state index in [-0.39, 0.29) is 17.5 Å². The van der Waals surface area contributed by atoms with E-state index in [9.17, 15) is 13.6 Å². The summed E-state index contributed by atoms with van der Waals surface area (Å²) >= 11 is 1.57. The molecule has 0 bridgehead atoms. The van der Waals surface area contributed by atoms with Crippen LogP contribution in [0.15, 0.2) is 42.7 Å². The molecule has 3 aromatic rings. The van der Waals surface area contributed by atoms with Gasteiger partial charge in [0.25, 0.3) is 0 Å². The zero-order valence-electron chi connectivity index (χ0n) is 13.7. The minimum atomic E-state index is -0.772. The number of hydrogen-bond donors (Lipinski definition) is 1. The van der Waals surface area contributed by atoms with Crippen LogP contribution in [-0.2, 0) is 17.6 Å². The van der Waals surface area contributed by atoms with Crippen LogP contribution in [0.1, 0.15) is 17.0 Å². The van der Waals surface area contributed by atoms with Gasteiger partial charge in [0.15, 0.2) is 0 Å². The lowest BCUT2D eigenvalue weighted by Gasteiger charge is -2.20. The summed E-state index contributed by atoms with van der Waals surface area (Å²) in [6, 6.07) is 6.95. The number of nitrogens with zero attached hydrogens (tertiary/aromatic N) is 2. The summed E-state index contributed by atoms with van der Waals surface area (Å²) in [6.07, 6.45) is 5.41. The van der Waals surface area contributed by atoms with Gasteiger partial charge in [0, 0.05) is 34.8 Å². The zero-order chi connectivity index (χ0) is 18.1. The van der Waals surface area contributed by atoms with Crippen LogP contribution in [-0.4, -0.2) is 15.9 Å². The maximum atomic E-state index is 13.7. The third kappa shape index (κ3) is 3.35. The lowest BCUT2D eigenvalue weighted by molar-refractivity contribution is -0.120. The van der Waals surface area contributed by atoms with E-state index in [1.165, 1.54) is 6.07 Å². The van der Waals surface area contributed by atoms with Gasteiger partial charge in [-0.3, -0.25) is 9.78 Å². The fourth-order valence-electron chi connectivity index (χ4n) is 3.04. The molecule has 1 unspecified atom stereocenters. The van der Waals surface area contributed by atoms with Gasteiger partial charge in [0.05, 0.1) is 11.4 Å². The first-order valence-electron chi connectivity index (χ1n) is 8.25. The molecule has 0 saturated heterocycles. The largest absolute Gasteiger partial charge is 0.323 e. The number of fused-ring (bicyclic) bond motifs is 1. The number of carbonyl (C=O) groups is 1. The molecule has 0 saturated carbocycles. The molecular weight excluding hydrogens is 356 g/mol. The van der Waals surface area contributed by atoms with Crippen molar-refractivity contribution in [3.63, 3.8) is 0 Å². The Morgan fingerprint density at radius 1 is 1.27 bits per heavy atom. The lowest BCUT2D eigenvalue weighted by Crippen LogP contribution is -2.28. The predicted molar refractivity (Wildman–Crippen MR) is 95.8 cm³/mol. The van der Waals surface area contributed by atoms with E-state index in [1.54, 1.807) is 23.7 Å². The molecule has 0 radical (unpaired) electrons. The molecule has 1 N–H and O–H groups in total. The van der Waals surface area contributed by atoms with Crippen LogP contribution in [0.4, 0.5) is 14.5 Å². The molecule has 1 atom stereocenters. The van der Waals surface area contributed by atoms with Gasteiger partial charge in [-0.1, -0.05) is 0 Å². The second-order valence-electron chi connectivity index (χ2n) is 6.18. The number of rotatable bonds is 3. The number of anilines is 1. The number of thiazole rings is 1. The Kier molecular flexibility index (Phi) is 4.46. The van der Waals surface area contributed by atoms with Crippen LogP contribution in [0.5, 0.6) is 0 Å². The zero-order valence-corrected chi connectivity index (χ0v) is 14.5. The highest BCUT2D eigenvalue weighted by Gasteiger charge is 2.28. The van der Waals surface area contributed by atoms with Gasteiger partial charge in [-0.25, -0.2) is 13.8 Å². The van der Waals surface area contributed by atoms with Crippen molar-refractivity contribution >= 4 is 22.9 Å². The van der Waals surface area contributed by atoms with E-state index in [2.05, 4.69) is 15.3 Å². The van der Waals surface area contributed by atoms with Crippen molar-refractivity contribution in [3.8, 4) is 10.6 Å². The van der Waals surface area contributed by atoms with Crippen LogP contribution in [0.3, 0.4) is 0 Å². The maximum absolute atomic E-state index is 13.7. The lowest BCUT2D eigenvalue weighted by atomic mass is 9.90. The number of pyridine rings is 1. The summed E-state index contributed by atoms with van der Waals surface area (Å²) in [5, 5.41) is 3.47.